The monoisotopic (exact) mass is 408 g/mol. The van der Waals surface area contributed by atoms with Crippen LogP contribution >= 0.6 is 0 Å². The number of nitrogen functional groups attached to an aromatic ring is 1. The molecule has 0 unspecified atom stereocenters. The minimum absolute atomic E-state index is 0.0542. The summed E-state index contributed by atoms with van der Waals surface area (Å²) < 4.78 is 39.2. The van der Waals surface area contributed by atoms with Crippen LogP contribution in [0.3, 0.4) is 0 Å². The molecule has 1 amide bonds. The minimum atomic E-state index is -3.78. The molecule has 0 fully saturated rings. The molecule has 0 bridgehead atoms. The summed E-state index contributed by atoms with van der Waals surface area (Å²) in [7, 11) is -3.78. The number of halogens is 1. The molecule has 28 heavy (non-hydrogen) atoms. The molecule has 0 atom stereocenters. The zero-order valence-electron chi connectivity index (χ0n) is 15.6. The maximum atomic E-state index is 13.8. The fourth-order valence-electron chi connectivity index (χ4n) is 2.74. The molecule has 150 valence electrons. The van der Waals surface area contributed by atoms with Crippen molar-refractivity contribution in [3.8, 4) is 0 Å². The number of carboxylic acid groups (broad SMARTS) is 1. The van der Waals surface area contributed by atoms with Gasteiger partial charge in [0.1, 0.15) is 11.4 Å². The van der Waals surface area contributed by atoms with Gasteiger partial charge in [0.05, 0.1) is 16.2 Å². The smallest absolute Gasteiger partial charge is 0.339 e. The Labute approximate surface area is 162 Å². The van der Waals surface area contributed by atoms with E-state index >= 15 is 0 Å². The summed E-state index contributed by atoms with van der Waals surface area (Å²) in [4.78, 5) is 23.8. The van der Waals surface area contributed by atoms with Crippen molar-refractivity contribution in [1.82, 2.24) is 5.32 Å². The maximum Gasteiger partial charge on any atom is 0.339 e. The summed E-state index contributed by atoms with van der Waals surface area (Å²) in [6.07, 6.45) is 0. The van der Waals surface area contributed by atoms with Gasteiger partial charge in [0.25, 0.3) is 5.91 Å². The standard InChI is InChI=1S/C19H21FN2O5S/c1-11-9-12(7-8-15(11)21)28(26,27)10-19(2,3)22-17(23)13-5-4-6-14(20)16(13)18(24)25/h4-9H,10,21H2,1-3H3,(H,22,23)(H,24,25). The van der Waals surface area contributed by atoms with E-state index in [-0.39, 0.29) is 10.5 Å². The van der Waals surface area contributed by atoms with Gasteiger partial charge in [-0.1, -0.05) is 6.07 Å². The van der Waals surface area contributed by atoms with Gasteiger partial charge < -0.3 is 16.2 Å². The van der Waals surface area contributed by atoms with Crippen LogP contribution in [-0.4, -0.2) is 36.7 Å². The van der Waals surface area contributed by atoms with Crippen LogP contribution in [0.15, 0.2) is 41.3 Å². The molecule has 0 saturated heterocycles. The molecule has 0 spiro atoms. The van der Waals surface area contributed by atoms with Gasteiger partial charge in [-0.15, -0.1) is 0 Å². The van der Waals surface area contributed by atoms with E-state index in [9.17, 15) is 22.4 Å². The van der Waals surface area contributed by atoms with E-state index in [4.69, 9.17) is 10.8 Å². The van der Waals surface area contributed by atoms with Crippen LogP contribution in [-0.2, 0) is 9.84 Å². The molecule has 2 aromatic rings. The average Bonchev–Trinajstić information content (AvgIpc) is 2.55. The third kappa shape index (κ3) is 4.66. The highest BCUT2D eigenvalue weighted by molar-refractivity contribution is 7.91. The van der Waals surface area contributed by atoms with E-state index in [1.54, 1.807) is 6.92 Å². The summed E-state index contributed by atoms with van der Waals surface area (Å²) in [6, 6.07) is 7.61. The number of rotatable bonds is 6. The molecule has 0 heterocycles. The number of benzene rings is 2. The fourth-order valence-corrected chi connectivity index (χ4v) is 4.56. The topological polar surface area (TPSA) is 127 Å². The van der Waals surface area contributed by atoms with Crippen molar-refractivity contribution in [3.63, 3.8) is 0 Å². The van der Waals surface area contributed by atoms with Crippen molar-refractivity contribution in [1.29, 1.82) is 0 Å². The second kappa shape index (κ2) is 7.59. The first kappa shape index (κ1) is 21.4. The van der Waals surface area contributed by atoms with Crippen LogP contribution in [0.1, 0.15) is 40.1 Å². The molecular formula is C19H21FN2O5S. The van der Waals surface area contributed by atoms with Crippen molar-refractivity contribution >= 4 is 27.4 Å². The lowest BCUT2D eigenvalue weighted by Gasteiger charge is -2.26. The highest BCUT2D eigenvalue weighted by Gasteiger charge is 2.31. The first-order valence-electron chi connectivity index (χ1n) is 8.27. The first-order valence-corrected chi connectivity index (χ1v) is 9.92. The Morgan fingerprint density at radius 3 is 2.43 bits per heavy atom. The van der Waals surface area contributed by atoms with Crippen molar-refractivity contribution in [2.24, 2.45) is 0 Å². The Morgan fingerprint density at radius 1 is 1.21 bits per heavy atom. The molecule has 0 aliphatic rings. The Morgan fingerprint density at radius 2 is 1.86 bits per heavy atom. The average molecular weight is 408 g/mol. The van der Waals surface area contributed by atoms with E-state index in [1.165, 1.54) is 38.1 Å². The number of carbonyl (C=O) groups is 2. The number of amides is 1. The van der Waals surface area contributed by atoms with Gasteiger partial charge in [-0.25, -0.2) is 17.6 Å². The Balaban J connectivity index is 2.28. The first-order chi connectivity index (χ1) is 12.8. The van der Waals surface area contributed by atoms with Crippen LogP contribution in [0, 0.1) is 12.7 Å². The maximum absolute atomic E-state index is 13.8. The minimum Gasteiger partial charge on any atom is -0.478 e. The van der Waals surface area contributed by atoms with Crippen LogP contribution in [0.5, 0.6) is 0 Å². The normalized spacial score (nSPS) is 11.9. The highest BCUT2D eigenvalue weighted by Crippen LogP contribution is 2.22. The van der Waals surface area contributed by atoms with E-state index in [0.29, 0.717) is 11.3 Å². The number of carboxylic acids is 1. The number of hydrogen-bond acceptors (Lipinski definition) is 5. The van der Waals surface area contributed by atoms with Gasteiger partial charge in [0, 0.05) is 11.2 Å². The third-order valence-electron chi connectivity index (χ3n) is 4.08. The summed E-state index contributed by atoms with van der Waals surface area (Å²) in [5, 5.41) is 11.6. The summed E-state index contributed by atoms with van der Waals surface area (Å²) in [5.41, 5.74) is 4.36. The molecular weight excluding hydrogens is 387 g/mol. The van der Waals surface area contributed by atoms with Gasteiger partial charge in [-0.05, 0) is 56.7 Å². The number of sulfone groups is 1. The molecule has 0 radical (unpaired) electrons. The predicted octanol–water partition coefficient (Wildman–Crippen LogP) is 2.40. The van der Waals surface area contributed by atoms with Crippen molar-refractivity contribution < 1.29 is 27.5 Å². The highest BCUT2D eigenvalue weighted by atomic mass is 32.2. The lowest BCUT2D eigenvalue weighted by atomic mass is 10.0. The Kier molecular flexibility index (Phi) is 5.79. The van der Waals surface area contributed by atoms with E-state index in [2.05, 4.69) is 5.32 Å². The van der Waals surface area contributed by atoms with Crippen LogP contribution < -0.4 is 11.1 Å². The van der Waals surface area contributed by atoms with E-state index in [1.807, 2.05) is 0 Å². The number of hydrogen-bond donors (Lipinski definition) is 3. The Bertz CT molecular complexity index is 1050. The van der Waals surface area contributed by atoms with Crippen molar-refractivity contribution in [2.45, 2.75) is 31.2 Å². The third-order valence-corrected chi connectivity index (χ3v) is 6.15. The van der Waals surface area contributed by atoms with Crippen LogP contribution in [0.2, 0.25) is 0 Å². The molecule has 0 aromatic heterocycles. The summed E-state index contributed by atoms with van der Waals surface area (Å²) >= 11 is 0. The lowest BCUT2D eigenvalue weighted by molar-refractivity contribution is 0.0684. The predicted molar refractivity (Wildman–Crippen MR) is 103 cm³/mol. The van der Waals surface area contributed by atoms with Crippen LogP contribution in [0.4, 0.5) is 10.1 Å². The molecule has 0 saturated carbocycles. The number of nitrogens with two attached hydrogens (primary N) is 1. The Hall–Kier alpha value is -2.94. The largest absolute Gasteiger partial charge is 0.478 e. The molecule has 9 heteroatoms. The van der Waals surface area contributed by atoms with Gasteiger partial charge in [0.15, 0.2) is 9.84 Å². The van der Waals surface area contributed by atoms with Crippen molar-refractivity contribution in [2.75, 3.05) is 11.5 Å². The fraction of sp³-hybridized carbons (Fsp3) is 0.263. The number of aryl methyl sites for hydroxylation is 1. The van der Waals surface area contributed by atoms with Crippen molar-refractivity contribution in [3.05, 3.63) is 58.9 Å². The van der Waals surface area contributed by atoms with E-state index in [0.717, 1.165) is 12.1 Å². The van der Waals surface area contributed by atoms with Gasteiger partial charge in [-0.3, -0.25) is 4.79 Å². The number of carbonyl (C=O) groups excluding carboxylic acids is 1. The van der Waals surface area contributed by atoms with E-state index < -0.39 is 44.4 Å². The SMILES string of the molecule is Cc1cc(S(=O)(=O)CC(C)(C)NC(=O)c2cccc(F)c2C(=O)O)ccc1N. The molecule has 0 aliphatic heterocycles. The lowest BCUT2D eigenvalue weighted by Crippen LogP contribution is -2.48. The summed E-state index contributed by atoms with van der Waals surface area (Å²) in [5.74, 6) is -3.98. The van der Waals surface area contributed by atoms with Gasteiger partial charge in [-0.2, -0.15) is 0 Å². The molecule has 2 aromatic carbocycles. The second-order valence-corrected chi connectivity index (χ2v) is 9.07. The zero-order chi connectivity index (χ0) is 21.3. The molecule has 4 N–H and O–H groups in total. The molecule has 0 aliphatic carbocycles. The molecule has 2 rings (SSSR count). The van der Waals surface area contributed by atoms with Gasteiger partial charge >= 0.3 is 5.97 Å². The quantitative estimate of drug-likeness (QED) is 0.630. The number of anilines is 1. The zero-order valence-corrected chi connectivity index (χ0v) is 16.4. The second-order valence-electron chi connectivity index (χ2n) is 7.08. The number of nitrogens with one attached hydrogen (secondary N) is 1. The number of aromatic carboxylic acids is 1. The molecule has 7 nitrogen and oxygen atoms in total. The summed E-state index contributed by atoms with van der Waals surface area (Å²) in [6.45, 7) is 4.64. The van der Waals surface area contributed by atoms with Crippen LogP contribution in [0.25, 0.3) is 0 Å². The van der Waals surface area contributed by atoms with Gasteiger partial charge in [0.2, 0.25) is 0 Å².